The van der Waals surface area contributed by atoms with Crippen LogP contribution in [-0.4, -0.2) is 17.9 Å². The SMILES string of the molecule is CN=C(C)NCc1ccc(Cl)nc1. The molecule has 0 unspecified atom stereocenters. The minimum Gasteiger partial charge on any atom is -0.370 e. The van der Waals surface area contributed by atoms with E-state index in [1.165, 1.54) is 0 Å². The minimum absolute atomic E-state index is 0.518. The first-order chi connectivity index (χ1) is 6.22. The first kappa shape index (κ1) is 9.99. The van der Waals surface area contributed by atoms with Gasteiger partial charge in [-0.2, -0.15) is 0 Å². The van der Waals surface area contributed by atoms with Crippen LogP contribution in [0.2, 0.25) is 5.15 Å². The number of hydrogen-bond donors (Lipinski definition) is 1. The van der Waals surface area contributed by atoms with E-state index in [9.17, 15) is 0 Å². The summed E-state index contributed by atoms with van der Waals surface area (Å²) >= 11 is 5.65. The Morgan fingerprint density at radius 2 is 2.38 bits per heavy atom. The van der Waals surface area contributed by atoms with Crippen LogP contribution in [0.4, 0.5) is 0 Å². The maximum atomic E-state index is 5.65. The van der Waals surface area contributed by atoms with Crippen molar-refractivity contribution >= 4 is 17.4 Å². The molecule has 0 radical (unpaired) electrons. The molecule has 0 atom stereocenters. The van der Waals surface area contributed by atoms with E-state index in [1.807, 2.05) is 13.0 Å². The van der Waals surface area contributed by atoms with Crippen molar-refractivity contribution in [1.29, 1.82) is 0 Å². The highest BCUT2D eigenvalue weighted by molar-refractivity contribution is 6.29. The summed E-state index contributed by atoms with van der Waals surface area (Å²) in [5.41, 5.74) is 1.09. The van der Waals surface area contributed by atoms with Gasteiger partial charge >= 0.3 is 0 Å². The lowest BCUT2D eigenvalue weighted by Crippen LogP contribution is -2.19. The van der Waals surface area contributed by atoms with Gasteiger partial charge in [-0.25, -0.2) is 4.98 Å². The van der Waals surface area contributed by atoms with Gasteiger partial charge in [-0.3, -0.25) is 4.99 Å². The Labute approximate surface area is 82.9 Å². The lowest BCUT2D eigenvalue weighted by atomic mass is 10.3. The van der Waals surface area contributed by atoms with E-state index in [1.54, 1.807) is 19.3 Å². The van der Waals surface area contributed by atoms with Gasteiger partial charge in [0.05, 0.1) is 5.84 Å². The second-order valence-corrected chi connectivity index (χ2v) is 3.04. The number of rotatable bonds is 2. The van der Waals surface area contributed by atoms with Crippen LogP contribution in [0, 0.1) is 0 Å². The normalized spacial score (nSPS) is 11.5. The molecule has 0 spiro atoms. The van der Waals surface area contributed by atoms with E-state index in [-0.39, 0.29) is 0 Å². The van der Waals surface area contributed by atoms with Crippen molar-refractivity contribution in [3.8, 4) is 0 Å². The zero-order valence-corrected chi connectivity index (χ0v) is 8.47. The summed E-state index contributed by atoms with van der Waals surface area (Å²) in [6.45, 7) is 2.65. The fraction of sp³-hybridized carbons (Fsp3) is 0.333. The lowest BCUT2D eigenvalue weighted by molar-refractivity contribution is 0.898. The summed E-state index contributed by atoms with van der Waals surface area (Å²) in [4.78, 5) is 7.95. The van der Waals surface area contributed by atoms with Gasteiger partial charge in [0.2, 0.25) is 0 Å². The summed E-state index contributed by atoms with van der Waals surface area (Å²) < 4.78 is 0. The summed E-state index contributed by atoms with van der Waals surface area (Å²) in [5, 5.41) is 3.65. The number of aliphatic imine (C=N–C) groups is 1. The van der Waals surface area contributed by atoms with Crippen LogP contribution >= 0.6 is 11.6 Å². The number of nitrogens with zero attached hydrogens (tertiary/aromatic N) is 2. The Morgan fingerprint density at radius 1 is 1.62 bits per heavy atom. The van der Waals surface area contributed by atoms with E-state index < -0.39 is 0 Å². The van der Waals surface area contributed by atoms with Crippen molar-refractivity contribution in [2.45, 2.75) is 13.5 Å². The third-order valence-electron chi connectivity index (χ3n) is 1.67. The van der Waals surface area contributed by atoms with Gasteiger partial charge in [0.25, 0.3) is 0 Å². The molecule has 0 aromatic carbocycles. The molecule has 0 bridgehead atoms. The predicted octanol–water partition coefficient (Wildman–Crippen LogP) is 1.87. The smallest absolute Gasteiger partial charge is 0.129 e. The average molecular weight is 198 g/mol. The van der Waals surface area contributed by atoms with Crippen LogP contribution in [0.1, 0.15) is 12.5 Å². The Bertz CT molecular complexity index is 292. The average Bonchev–Trinajstić information content (AvgIpc) is 2.16. The molecule has 0 aliphatic rings. The van der Waals surface area contributed by atoms with Gasteiger partial charge in [0, 0.05) is 19.8 Å². The second-order valence-electron chi connectivity index (χ2n) is 2.65. The van der Waals surface area contributed by atoms with Crippen LogP contribution in [0.3, 0.4) is 0 Å². The zero-order valence-electron chi connectivity index (χ0n) is 7.71. The van der Waals surface area contributed by atoms with Crippen LogP contribution in [0.25, 0.3) is 0 Å². The highest BCUT2D eigenvalue weighted by atomic mass is 35.5. The largest absolute Gasteiger partial charge is 0.370 e. The number of nitrogens with one attached hydrogen (secondary N) is 1. The quantitative estimate of drug-likeness (QED) is 0.447. The molecule has 3 nitrogen and oxygen atoms in total. The van der Waals surface area contributed by atoms with Crippen molar-refractivity contribution in [3.05, 3.63) is 29.0 Å². The Hall–Kier alpha value is -1.09. The summed E-state index contributed by atoms with van der Waals surface area (Å²) in [7, 11) is 1.75. The number of aromatic nitrogens is 1. The number of halogens is 1. The van der Waals surface area contributed by atoms with Gasteiger partial charge in [-0.1, -0.05) is 17.7 Å². The molecule has 0 fully saturated rings. The Balaban J connectivity index is 2.51. The fourth-order valence-corrected chi connectivity index (χ4v) is 0.932. The van der Waals surface area contributed by atoms with E-state index in [4.69, 9.17) is 11.6 Å². The topological polar surface area (TPSA) is 37.3 Å². The van der Waals surface area contributed by atoms with E-state index >= 15 is 0 Å². The Kier molecular flexibility index (Phi) is 3.71. The molecule has 1 aromatic rings. The molecule has 4 heteroatoms. The van der Waals surface area contributed by atoms with Crippen LogP contribution in [0.15, 0.2) is 23.3 Å². The maximum Gasteiger partial charge on any atom is 0.129 e. The minimum atomic E-state index is 0.518. The van der Waals surface area contributed by atoms with Crippen LogP contribution < -0.4 is 5.32 Å². The molecule has 0 saturated carbocycles. The number of hydrogen-bond acceptors (Lipinski definition) is 2. The molecular formula is C9H12ClN3. The molecule has 0 aliphatic heterocycles. The third kappa shape index (κ3) is 3.42. The number of pyridine rings is 1. The summed E-state index contributed by atoms with van der Waals surface area (Å²) in [5.74, 6) is 0.912. The van der Waals surface area contributed by atoms with Crippen molar-refractivity contribution in [2.24, 2.45) is 4.99 Å². The van der Waals surface area contributed by atoms with Crippen molar-refractivity contribution in [3.63, 3.8) is 0 Å². The predicted molar refractivity (Wildman–Crippen MR) is 55.1 cm³/mol. The first-order valence-electron chi connectivity index (χ1n) is 4.00. The van der Waals surface area contributed by atoms with Gasteiger partial charge in [-0.05, 0) is 18.6 Å². The van der Waals surface area contributed by atoms with Crippen molar-refractivity contribution in [2.75, 3.05) is 7.05 Å². The molecule has 1 N–H and O–H groups in total. The van der Waals surface area contributed by atoms with Crippen molar-refractivity contribution < 1.29 is 0 Å². The molecule has 0 amide bonds. The second kappa shape index (κ2) is 4.82. The van der Waals surface area contributed by atoms with E-state index in [0.717, 1.165) is 17.9 Å². The molecular weight excluding hydrogens is 186 g/mol. The molecule has 0 aliphatic carbocycles. The highest BCUT2D eigenvalue weighted by Crippen LogP contribution is 2.04. The van der Waals surface area contributed by atoms with Crippen molar-refractivity contribution in [1.82, 2.24) is 10.3 Å². The molecule has 1 aromatic heterocycles. The monoisotopic (exact) mass is 197 g/mol. The zero-order chi connectivity index (χ0) is 9.68. The molecule has 1 heterocycles. The van der Waals surface area contributed by atoms with Gasteiger partial charge < -0.3 is 5.32 Å². The molecule has 70 valence electrons. The third-order valence-corrected chi connectivity index (χ3v) is 1.90. The van der Waals surface area contributed by atoms with Gasteiger partial charge in [-0.15, -0.1) is 0 Å². The van der Waals surface area contributed by atoms with Crippen LogP contribution in [0.5, 0.6) is 0 Å². The summed E-state index contributed by atoms with van der Waals surface area (Å²) in [6, 6.07) is 3.71. The first-order valence-corrected chi connectivity index (χ1v) is 4.38. The maximum absolute atomic E-state index is 5.65. The van der Waals surface area contributed by atoms with Gasteiger partial charge in [0.1, 0.15) is 5.15 Å². The number of amidine groups is 1. The highest BCUT2D eigenvalue weighted by Gasteiger charge is 1.93. The Morgan fingerprint density at radius 3 is 2.92 bits per heavy atom. The molecule has 0 saturated heterocycles. The van der Waals surface area contributed by atoms with E-state index in [0.29, 0.717) is 5.15 Å². The van der Waals surface area contributed by atoms with Crippen LogP contribution in [-0.2, 0) is 6.54 Å². The van der Waals surface area contributed by atoms with E-state index in [2.05, 4.69) is 15.3 Å². The lowest BCUT2D eigenvalue weighted by Gasteiger charge is -2.04. The van der Waals surface area contributed by atoms with Gasteiger partial charge in [0.15, 0.2) is 0 Å². The standard InChI is InChI=1S/C9H12ClN3/c1-7(11-2)12-5-8-3-4-9(10)13-6-8/h3-4,6H,5H2,1-2H3,(H,11,12). The fourth-order valence-electron chi connectivity index (χ4n) is 0.820. The summed E-state index contributed by atoms with van der Waals surface area (Å²) in [6.07, 6.45) is 1.75. The molecule has 1 rings (SSSR count). The molecule has 13 heavy (non-hydrogen) atoms.